The third-order valence-electron chi connectivity index (χ3n) is 4.08. The van der Waals surface area contributed by atoms with Gasteiger partial charge in [0.2, 0.25) is 0 Å². The molecule has 8 heteroatoms. The second-order valence-electron chi connectivity index (χ2n) is 5.84. The molecule has 0 atom stereocenters. The van der Waals surface area contributed by atoms with E-state index in [1.807, 2.05) is 6.92 Å². The molecule has 0 bridgehead atoms. The van der Waals surface area contributed by atoms with Crippen molar-refractivity contribution in [2.45, 2.75) is 6.92 Å². The number of carboxylic acids is 1. The number of Topliss-reactive ketones (excluding diaryl/α,β-unsaturated/α-hetero) is 1. The number of hydrogen-bond acceptors (Lipinski definition) is 6. The zero-order valence-corrected chi connectivity index (χ0v) is 13.5. The van der Waals surface area contributed by atoms with E-state index >= 15 is 0 Å². The van der Waals surface area contributed by atoms with Gasteiger partial charge < -0.3 is 15.7 Å². The monoisotopic (exact) mass is 348 g/mol. The predicted molar refractivity (Wildman–Crippen MR) is 93.9 cm³/mol. The molecule has 0 aliphatic carbocycles. The third-order valence-corrected chi connectivity index (χ3v) is 4.08. The van der Waals surface area contributed by atoms with Gasteiger partial charge in [0.1, 0.15) is 11.6 Å². The molecule has 3 N–H and O–H groups in total. The molecule has 1 amide bonds. The Morgan fingerprint density at radius 3 is 2.69 bits per heavy atom. The van der Waals surface area contributed by atoms with Crippen LogP contribution in [0.3, 0.4) is 0 Å². The lowest BCUT2D eigenvalue weighted by Gasteiger charge is -2.12. The molecule has 3 heterocycles. The second-order valence-corrected chi connectivity index (χ2v) is 5.84. The summed E-state index contributed by atoms with van der Waals surface area (Å²) in [5, 5.41) is 15.7. The molecule has 128 valence electrons. The highest BCUT2D eigenvalue weighted by Gasteiger charge is 2.32. The summed E-state index contributed by atoms with van der Waals surface area (Å²) in [6, 6.07) is 7.86. The fraction of sp³-hybridized carbons (Fsp3) is 0.0556. The maximum Gasteiger partial charge on any atom is 0.335 e. The molecule has 1 aromatic carbocycles. The number of carbonyl (C=O) groups is 3. The quantitative estimate of drug-likeness (QED) is 0.622. The Balaban J connectivity index is 1.96. The summed E-state index contributed by atoms with van der Waals surface area (Å²) in [5.74, 6) is -2.05. The molecule has 0 unspecified atom stereocenters. The SMILES string of the molecule is Cc1cc(Nc2nc3c(c4ccc(C(=O)O)cc24)C(=O)C(=O)N3)ccn1. The van der Waals surface area contributed by atoms with Crippen molar-refractivity contribution in [1.29, 1.82) is 0 Å². The maximum absolute atomic E-state index is 12.1. The molecule has 26 heavy (non-hydrogen) atoms. The molecular formula is C18H12N4O4. The maximum atomic E-state index is 12.1. The van der Waals surface area contributed by atoms with Crippen molar-refractivity contribution >= 4 is 45.8 Å². The van der Waals surface area contributed by atoms with Gasteiger partial charge in [0.25, 0.3) is 11.7 Å². The molecule has 0 spiro atoms. The van der Waals surface area contributed by atoms with Gasteiger partial charge in [0.05, 0.1) is 11.1 Å². The average molecular weight is 348 g/mol. The van der Waals surface area contributed by atoms with Gasteiger partial charge in [0.15, 0.2) is 0 Å². The molecule has 3 aromatic rings. The van der Waals surface area contributed by atoms with Crippen LogP contribution in [0, 0.1) is 6.92 Å². The van der Waals surface area contributed by atoms with Gasteiger partial charge in [-0.25, -0.2) is 9.78 Å². The summed E-state index contributed by atoms with van der Waals surface area (Å²) >= 11 is 0. The van der Waals surface area contributed by atoms with Crippen molar-refractivity contribution in [3.05, 3.63) is 53.3 Å². The summed E-state index contributed by atoms with van der Waals surface area (Å²) in [5.41, 5.74) is 1.69. The topological polar surface area (TPSA) is 121 Å². The van der Waals surface area contributed by atoms with E-state index in [9.17, 15) is 19.5 Å². The van der Waals surface area contributed by atoms with Crippen molar-refractivity contribution in [3.8, 4) is 0 Å². The number of aryl methyl sites for hydroxylation is 1. The molecule has 0 saturated carbocycles. The van der Waals surface area contributed by atoms with Gasteiger partial charge in [-0.2, -0.15) is 0 Å². The fourth-order valence-electron chi connectivity index (χ4n) is 2.90. The van der Waals surface area contributed by atoms with Crippen molar-refractivity contribution in [2.75, 3.05) is 10.6 Å². The lowest BCUT2D eigenvalue weighted by molar-refractivity contribution is -0.112. The van der Waals surface area contributed by atoms with Crippen LogP contribution in [0.2, 0.25) is 0 Å². The smallest absolute Gasteiger partial charge is 0.335 e. The molecule has 0 fully saturated rings. The van der Waals surface area contributed by atoms with E-state index in [1.165, 1.54) is 18.2 Å². The standard InChI is InChI=1S/C18H12N4O4/c1-8-6-10(4-5-19-8)20-15-12-7-9(18(25)26)2-3-11(12)13-14(23)17(24)22-16(13)21-15/h2-7H,1H3,(H,25,26)(H2,19,20,21,22,23,24). The Labute approximate surface area is 146 Å². The van der Waals surface area contributed by atoms with Crippen LogP contribution in [0.1, 0.15) is 26.4 Å². The van der Waals surface area contributed by atoms with E-state index in [2.05, 4.69) is 20.6 Å². The van der Waals surface area contributed by atoms with E-state index < -0.39 is 17.7 Å². The van der Waals surface area contributed by atoms with Gasteiger partial charge in [0, 0.05) is 28.4 Å². The first-order valence-electron chi connectivity index (χ1n) is 7.70. The number of nitrogens with one attached hydrogen (secondary N) is 2. The van der Waals surface area contributed by atoms with Gasteiger partial charge in [-0.15, -0.1) is 0 Å². The fourth-order valence-corrected chi connectivity index (χ4v) is 2.90. The van der Waals surface area contributed by atoms with Crippen LogP contribution in [0.25, 0.3) is 10.8 Å². The number of carbonyl (C=O) groups excluding carboxylic acids is 2. The summed E-state index contributed by atoms with van der Waals surface area (Å²) in [6.07, 6.45) is 1.63. The van der Waals surface area contributed by atoms with Gasteiger partial charge in [-0.1, -0.05) is 6.07 Å². The number of nitrogens with zero attached hydrogens (tertiary/aromatic N) is 2. The number of rotatable bonds is 3. The largest absolute Gasteiger partial charge is 0.478 e. The van der Waals surface area contributed by atoms with Crippen LogP contribution in [0.5, 0.6) is 0 Å². The first-order valence-corrected chi connectivity index (χ1v) is 7.70. The Bertz CT molecular complexity index is 1120. The van der Waals surface area contributed by atoms with Gasteiger partial charge in [-0.05, 0) is 31.2 Å². The van der Waals surface area contributed by atoms with E-state index in [4.69, 9.17) is 0 Å². The number of carboxylic acid groups (broad SMARTS) is 1. The first kappa shape index (κ1) is 15.7. The highest BCUT2D eigenvalue weighted by Crippen LogP contribution is 2.35. The van der Waals surface area contributed by atoms with E-state index in [-0.39, 0.29) is 16.9 Å². The number of aromatic carboxylic acids is 1. The molecule has 1 aliphatic rings. The summed E-state index contributed by atoms with van der Waals surface area (Å²) in [7, 11) is 0. The molecule has 0 saturated heterocycles. The molecule has 8 nitrogen and oxygen atoms in total. The van der Waals surface area contributed by atoms with Crippen LogP contribution in [0.15, 0.2) is 36.5 Å². The van der Waals surface area contributed by atoms with E-state index in [1.54, 1.807) is 18.3 Å². The van der Waals surface area contributed by atoms with Crippen molar-refractivity contribution in [1.82, 2.24) is 9.97 Å². The molecule has 0 radical (unpaired) electrons. The summed E-state index contributed by atoms with van der Waals surface area (Å²) < 4.78 is 0. The van der Waals surface area contributed by atoms with Gasteiger partial charge >= 0.3 is 5.97 Å². The van der Waals surface area contributed by atoms with Crippen molar-refractivity contribution in [3.63, 3.8) is 0 Å². The van der Waals surface area contributed by atoms with Crippen LogP contribution in [-0.2, 0) is 4.79 Å². The number of ketones is 1. The highest BCUT2D eigenvalue weighted by atomic mass is 16.4. The second kappa shape index (κ2) is 5.62. The minimum atomic E-state index is -1.10. The molecule has 4 rings (SSSR count). The van der Waals surface area contributed by atoms with E-state index in [0.29, 0.717) is 22.3 Å². The zero-order chi connectivity index (χ0) is 18.4. The van der Waals surface area contributed by atoms with Crippen LogP contribution >= 0.6 is 0 Å². The van der Waals surface area contributed by atoms with Gasteiger partial charge in [-0.3, -0.25) is 14.6 Å². The van der Waals surface area contributed by atoms with Crippen LogP contribution in [0.4, 0.5) is 17.3 Å². The number of pyridine rings is 2. The molecular weight excluding hydrogens is 336 g/mol. The van der Waals surface area contributed by atoms with Crippen molar-refractivity contribution < 1.29 is 19.5 Å². The number of benzene rings is 1. The minimum Gasteiger partial charge on any atom is -0.478 e. The van der Waals surface area contributed by atoms with Crippen LogP contribution in [-0.4, -0.2) is 32.7 Å². The van der Waals surface area contributed by atoms with Crippen LogP contribution < -0.4 is 10.6 Å². The first-order chi connectivity index (χ1) is 12.4. The number of amides is 1. The minimum absolute atomic E-state index is 0.0536. The Kier molecular flexibility index (Phi) is 3.40. The average Bonchev–Trinajstić information content (AvgIpc) is 2.89. The molecule has 2 aromatic heterocycles. The lowest BCUT2D eigenvalue weighted by atomic mass is 10.0. The highest BCUT2D eigenvalue weighted by molar-refractivity contribution is 6.53. The Hall–Kier alpha value is -3.81. The molecule has 1 aliphatic heterocycles. The number of aromatic nitrogens is 2. The zero-order valence-electron chi connectivity index (χ0n) is 13.5. The normalized spacial score (nSPS) is 12.8. The number of hydrogen-bond donors (Lipinski definition) is 3. The number of anilines is 3. The predicted octanol–water partition coefficient (Wildman–Crippen LogP) is 2.51. The third kappa shape index (κ3) is 2.44. The Morgan fingerprint density at radius 2 is 1.96 bits per heavy atom. The summed E-state index contributed by atoms with van der Waals surface area (Å²) in [6.45, 7) is 1.83. The Morgan fingerprint density at radius 1 is 1.15 bits per heavy atom. The van der Waals surface area contributed by atoms with Crippen molar-refractivity contribution in [2.24, 2.45) is 0 Å². The summed E-state index contributed by atoms with van der Waals surface area (Å²) in [4.78, 5) is 43.7. The lowest BCUT2D eigenvalue weighted by Crippen LogP contribution is -2.12. The van der Waals surface area contributed by atoms with E-state index in [0.717, 1.165) is 5.69 Å². The number of fused-ring (bicyclic) bond motifs is 3.